The van der Waals surface area contributed by atoms with Crippen molar-refractivity contribution < 1.29 is 4.79 Å². The molecule has 0 aliphatic carbocycles. The van der Waals surface area contributed by atoms with E-state index in [1.165, 1.54) is 0 Å². The average molecular weight is 257 g/mol. The van der Waals surface area contributed by atoms with E-state index in [9.17, 15) is 4.79 Å². The first-order chi connectivity index (χ1) is 6.59. The zero-order chi connectivity index (χ0) is 10.6. The lowest BCUT2D eigenvalue weighted by Crippen LogP contribution is -2.35. The Morgan fingerprint density at radius 1 is 1.64 bits per heavy atom. The van der Waals surface area contributed by atoms with E-state index >= 15 is 0 Å². The fourth-order valence-corrected chi connectivity index (χ4v) is 1.38. The minimum atomic E-state index is -0.0939. The minimum absolute atomic E-state index is 0.0221. The molecular weight excluding hydrogens is 244 g/mol. The van der Waals surface area contributed by atoms with Crippen LogP contribution in [0.2, 0.25) is 0 Å². The van der Waals surface area contributed by atoms with Crippen LogP contribution in [0.15, 0.2) is 28.7 Å². The summed E-state index contributed by atoms with van der Waals surface area (Å²) in [5.41, 5.74) is 6.16. The second-order valence-electron chi connectivity index (χ2n) is 3.20. The van der Waals surface area contributed by atoms with Gasteiger partial charge in [-0.2, -0.15) is 0 Å². The molecule has 1 atom stereocenters. The van der Waals surface area contributed by atoms with E-state index < -0.39 is 0 Å². The summed E-state index contributed by atoms with van der Waals surface area (Å²) in [6.07, 6.45) is 0. The van der Waals surface area contributed by atoms with E-state index in [1.54, 1.807) is 12.1 Å². The van der Waals surface area contributed by atoms with Gasteiger partial charge in [-0.3, -0.25) is 4.79 Å². The van der Waals surface area contributed by atoms with Crippen molar-refractivity contribution in [2.24, 2.45) is 5.73 Å². The minimum Gasteiger partial charge on any atom is -0.350 e. The molecule has 1 aromatic carbocycles. The Morgan fingerprint density at radius 3 is 2.93 bits per heavy atom. The monoisotopic (exact) mass is 256 g/mol. The Kier molecular flexibility index (Phi) is 4.10. The fraction of sp³-hybridized carbons (Fsp3) is 0.300. The molecule has 0 aromatic heterocycles. The first-order valence-electron chi connectivity index (χ1n) is 4.39. The van der Waals surface area contributed by atoms with E-state index in [-0.39, 0.29) is 11.9 Å². The summed E-state index contributed by atoms with van der Waals surface area (Å²) in [6, 6.07) is 7.22. The van der Waals surface area contributed by atoms with Gasteiger partial charge < -0.3 is 11.1 Å². The molecule has 0 spiro atoms. The molecular formula is C10H13BrN2O. The number of amides is 1. The Balaban J connectivity index is 2.61. The summed E-state index contributed by atoms with van der Waals surface area (Å²) in [6.45, 7) is 2.34. The van der Waals surface area contributed by atoms with E-state index in [0.29, 0.717) is 12.1 Å². The third-order valence-corrected chi connectivity index (χ3v) is 2.16. The molecule has 3 nitrogen and oxygen atoms in total. The number of carbonyl (C=O) groups excluding carboxylic acids is 1. The first-order valence-corrected chi connectivity index (χ1v) is 5.18. The van der Waals surface area contributed by atoms with E-state index in [2.05, 4.69) is 21.2 Å². The summed E-state index contributed by atoms with van der Waals surface area (Å²) in [5, 5.41) is 2.74. The summed E-state index contributed by atoms with van der Waals surface area (Å²) in [7, 11) is 0. The first kappa shape index (κ1) is 11.2. The quantitative estimate of drug-likeness (QED) is 0.862. The molecule has 1 amide bonds. The third kappa shape index (κ3) is 3.47. The zero-order valence-corrected chi connectivity index (χ0v) is 9.54. The number of rotatable bonds is 3. The van der Waals surface area contributed by atoms with Crippen molar-refractivity contribution in [1.29, 1.82) is 0 Å². The van der Waals surface area contributed by atoms with Crippen LogP contribution in [0.5, 0.6) is 0 Å². The van der Waals surface area contributed by atoms with Crippen molar-refractivity contribution in [1.82, 2.24) is 5.32 Å². The van der Waals surface area contributed by atoms with E-state index in [4.69, 9.17) is 5.73 Å². The SMILES string of the molecule is CC(N)CNC(=O)c1cccc(Br)c1. The van der Waals surface area contributed by atoms with Gasteiger partial charge in [0, 0.05) is 22.6 Å². The van der Waals surface area contributed by atoms with Crippen molar-refractivity contribution >= 4 is 21.8 Å². The Morgan fingerprint density at radius 2 is 2.36 bits per heavy atom. The van der Waals surface area contributed by atoms with Crippen molar-refractivity contribution in [3.63, 3.8) is 0 Å². The highest BCUT2D eigenvalue weighted by Gasteiger charge is 2.05. The predicted molar refractivity (Wildman–Crippen MR) is 60.1 cm³/mol. The summed E-state index contributed by atoms with van der Waals surface area (Å²) in [4.78, 5) is 11.5. The molecule has 0 fully saturated rings. The molecule has 0 aliphatic rings. The topological polar surface area (TPSA) is 55.1 Å². The number of nitrogens with two attached hydrogens (primary N) is 1. The number of hydrogen-bond donors (Lipinski definition) is 2. The second kappa shape index (κ2) is 5.12. The standard InChI is InChI=1S/C10H13BrN2O/c1-7(12)6-13-10(14)8-3-2-4-9(11)5-8/h2-5,7H,6,12H2,1H3,(H,13,14). The van der Waals surface area contributed by atoms with Gasteiger partial charge in [0.1, 0.15) is 0 Å². The van der Waals surface area contributed by atoms with Crippen LogP contribution in [-0.2, 0) is 0 Å². The van der Waals surface area contributed by atoms with Gasteiger partial charge in [-0.1, -0.05) is 22.0 Å². The number of benzene rings is 1. The molecule has 0 bridgehead atoms. The Hall–Kier alpha value is -0.870. The number of halogens is 1. The normalized spacial score (nSPS) is 12.2. The van der Waals surface area contributed by atoms with Gasteiger partial charge in [0.05, 0.1) is 0 Å². The van der Waals surface area contributed by atoms with Gasteiger partial charge in [0.2, 0.25) is 0 Å². The van der Waals surface area contributed by atoms with Gasteiger partial charge in [-0.25, -0.2) is 0 Å². The number of nitrogens with one attached hydrogen (secondary N) is 1. The van der Waals surface area contributed by atoms with Crippen LogP contribution < -0.4 is 11.1 Å². The third-order valence-electron chi connectivity index (χ3n) is 1.67. The molecule has 76 valence electrons. The van der Waals surface area contributed by atoms with Gasteiger partial charge in [0.25, 0.3) is 5.91 Å². The second-order valence-corrected chi connectivity index (χ2v) is 4.11. The van der Waals surface area contributed by atoms with Gasteiger partial charge >= 0.3 is 0 Å². The lowest BCUT2D eigenvalue weighted by Gasteiger charge is -2.07. The Labute approximate surface area is 91.8 Å². The van der Waals surface area contributed by atoms with Crippen molar-refractivity contribution in [3.8, 4) is 0 Å². The molecule has 4 heteroatoms. The summed E-state index contributed by atoms with van der Waals surface area (Å²) >= 11 is 3.31. The van der Waals surface area contributed by atoms with Crippen LogP contribution in [0.1, 0.15) is 17.3 Å². The lowest BCUT2D eigenvalue weighted by atomic mass is 10.2. The summed E-state index contributed by atoms with van der Waals surface area (Å²) in [5.74, 6) is -0.0939. The van der Waals surface area contributed by atoms with Gasteiger partial charge in [-0.05, 0) is 25.1 Å². The molecule has 0 heterocycles. The Bertz CT molecular complexity index is 326. The highest BCUT2D eigenvalue weighted by atomic mass is 79.9. The van der Waals surface area contributed by atoms with Crippen molar-refractivity contribution in [2.45, 2.75) is 13.0 Å². The maximum Gasteiger partial charge on any atom is 0.251 e. The lowest BCUT2D eigenvalue weighted by molar-refractivity contribution is 0.0951. The molecule has 1 rings (SSSR count). The fourth-order valence-electron chi connectivity index (χ4n) is 0.985. The van der Waals surface area contributed by atoms with Crippen LogP contribution in [0, 0.1) is 0 Å². The highest BCUT2D eigenvalue weighted by Crippen LogP contribution is 2.11. The molecule has 0 saturated heterocycles. The summed E-state index contributed by atoms with van der Waals surface area (Å²) < 4.78 is 0.894. The molecule has 0 aliphatic heterocycles. The van der Waals surface area contributed by atoms with Crippen LogP contribution in [-0.4, -0.2) is 18.5 Å². The van der Waals surface area contributed by atoms with E-state index in [1.807, 2.05) is 19.1 Å². The van der Waals surface area contributed by atoms with Crippen LogP contribution in [0.3, 0.4) is 0 Å². The molecule has 14 heavy (non-hydrogen) atoms. The van der Waals surface area contributed by atoms with Gasteiger partial charge in [0.15, 0.2) is 0 Å². The van der Waals surface area contributed by atoms with E-state index in [0.717, 1.165) is 4.47 Å². The van der Waals surface area contributed by atoms with Crippen molar-refractivity contribution in [2.75, 3.05) is 6.54 Å². The molecule has 0 saturated carbocycles. The highest BCUT2D eigenvalue weighted by molar-refractivity contribution is 9.10. The predicted octanol–water partition coefficient (Wildman–Crippen LogP) is 1.53. The smallest absolute Gasteiger partial charge is 0.251 e. The number of carbonyl (C=O) groups is 1. The van der Waals surface area contributed by atoms with Crippen LogP contribution in [0.25, 0.3) is 0 Å². The largest absolute Gasteiger partial charge is 0.350 e. The average Bonchev–Trinajstić information content (AvgIpc) is 2.14. The van der Waals surface area contributed by atoms with Crippen LogP contribution in [0.4, 0.5) is 0 Å². The van der Waals surface area contributed by atoms with Gasteiger partial charge in [-0.15, -0.1) is 0 Å². The maximum atomic E-state index is 11.5. The number of hydrogen-bond acceptors (Lipinski definition) is 2. The molecule has 1 unspecified atom stereocenters. The zero-order valence-electron chi connectivity index (χ0n) is 7.96. The van der Waals surface area contributed by atoms with Crippen molar-refractivity contribution in [3.05, 3.63) is 34.3 Å². The van der Waals surface area contributed by atoms with Crippen LogP contribution >= 0.6 is 15.9 Å². The maximum absolute atomic E-state index is 11.5. The molecule has 3 N–H and O–H groups in total. The molecule has 0 radical (unpaired) electrons. The molecule has 1 aromatic rings.